The van der Waals surface area contributed by atoms with Crippen molar-refractivity contribution in [3.05, 3.63) is 29.3 Å². The van der Waals surface area contributed by atoms with Crippen molar-refractivity contribution in [2.45, 2.75) is 39.0 Å². The first kappa shape index (κ1) is 9.57. The molecule has 0 saturated heterocycles. The van der Waals surface area contributed by atoms with Crippen molar-refractivity contribution in [3.8, 4) is 5.75 Å². The Morgan fingerprint density at radius 2 is 2.14 bits per heavy atom. The van der Waals surface area contributed by atoms with Crippen LogP contribution >= 0.6 is 0 Å². The normalized spacial score (nSPS) is 18.5. The highest BCUT2D eigenvalue weighted by molar-refractivity contribution is 5.43. The van der Waals surface area contributed by atoms with Gasteiger partial charge in [-0.15, -0.1) is 0 Å². The predicted octanol–water partition coefficient (Wildman–Crippen LogP) is 3.31. The molecule has 0 bridgehead atoms. The van der Waals surface area contributed by atoms with Gasteiger partial charge >= 0.3 is 0 Å². The van der Waals surface area contributed by atoms with Gasteiger partial charge in [-0.1, -0.05) is 32.9 Å². The van der Waals surface area contributed by atoms with Gasteiger partial charge in [0.2, 0.25) is 0 Å². The van der Waals surface area contributed by atoms with Crippen molar-refractivity contribution in [1.29, 1.82) is 0 Å². The van der Waals surface area contributed by atoms with Crippen LogP contribution in [0.5, 0.6) is 5.75 Å². The van der Waals surface area contributed by atoms with Crippen molar-refractivity contribution in [1.82, 2.24) is 0 Å². The summed E-state index contributed by atoms with van der Waals surface area (Å²) >= 11 is 0. The third-order valence-electron chi connectivity index (χ3n) is 3.17. The van der Waals surface area contributed by atoms with Crippen LogP contribution in [0.15, 0.2) is 18.2 Å². The molecule has 2 rings (SSSR count). The van der Waals surface area contributed by atoms with Crippen molar-refractivity contribution in [3.63, 3.8) is 0 Å². The minimum absolute atomic E-state index is 0.277. The number of hydrogen-bond donors (Lipinski definition) is 0. The molecule has 0 amide bonds. The van der Waals surface area contributed by atoms with Gasteiger partial charge in [0.05, 0.1) is 6.61 Å². The summed E-state index contributed by atoms with van der Waals surface area (Å²) in [5.41, 5.74) is 3.06. The number of hydrogen-bond acceptors (Lipinski definition) is 1. The summed E-state index contributed by atoms with van der Waals surface area (Å²) in [6, 6.07) is 6.59. The molecule has 1 heteroatoms. The molecular weight excluding hydrogens is 172 g/mol. The second kappa shape index (κ2) is 3.30. The SMILES string of the molecule is CCc1ccc2c(c1)C(C)(C)CCO2. The van der Waals surface area contributed by atoms with Crippen molar-refractivity contribution < 1.29 is 4.74 Å². The molecule has 1 aliphatic heterocycles. The van der Waals surface area contributed by atoms with Crippen LogP contribution in [-0.4, -0.2) is 6.61 Å². The van der Waals surface area contributed by atoms with E-state index in [0.717, 1.165) is 25.2 Å². The first-order valence-electron chi connectivity index (χ1n) is 5.40. The lowest BCUT2D eigenvalue weighted by Gasteiger charge is -2.32. The Labute approximate surface area is 86.1 Å². The van der Waals surface area contributed by atoms with E-state index in [0.29, 0.717) is 0 Å². The lowest BCUT2D eigenvalue weighted by Crippen LogP contribution is -2.26. The average Bonchev–Trinajstić information content (AvgIpc) is 2.17. The van der Waals surface area contributed by atoms with Gasteiger partial charge < -0.3 is 4.74 Å². The topological polar surface area (TPSA) is 9.23 Å². The molecule has 0 fully saturated rings. The largest absolute Gasteiger partial charge is 0.493 e. The van der Waals surface area contributed by atoms with Crippen LogP contribution < -0.4 is 4.74 Å². The second-order valence-electron chi connectivity index (χ2n) is 4.67. The molecule has 0 radical (unpaired) electrons. The average molecular weight is 190 g/mol. The maximum absolute atomic E-state index is 5.66. The van der Waals surface area contributed by atoms with E-state index in [9.17, 15) is 0 Å². The Morgan fingerprint density at radius 1 is 1.36 bits per heavy atom. The summed E-state index contributed by atoms with van der Waals surface area (Å²) in [7, 11) is 0. The molecule has 0 N–H and O–H groups in total. The third-order valence-corrected chi connectivity index (χ3v) is 3.17. The predicted molar refractivity (Wildman–Crippen MR) is 59.0 cm³/mol. The smallest absolute Gasteiger partial charge is 0.123 e. The molecule has 0 unspecified atom stereocenters. The van der Waals surface area contributed by atoms with Gasteiger partial charge in [0.15, 0.2) is 0 Å². The Kier molecular flexibility index (Phi) is 2.26. The zero-order valence-corrected chi connectivity index (χ0v) is 9.26. The van der Waals surface area contributed by atoms with E-state index in [4.69, 9.17) is 4.74 Å². The highest BCUT2D eigenvalue weighted by atomic mass is 16.5. The number of benzene rings is 1. The summed E-state index contributed by atoms with van der Waals surface area (Å²) in [6.07, 6.45) is 2.22. The van der Waals surface area contributed by atoms with Gasteiger partial charge in [-0.2, -0.15) is 0 Å². The molecule has 0 aromatic heterocycles. The zero-order chi connectivity index (χ0) is 10.2. The fourth-order valence-electron chi connectivity index (χ4n) is 2.00. The fraction of sp³-hybridized carbons (Fsp3) is 0.538. The monoisotopic (exact) mass is 190 g/mol. The fourth-order valence-corrected chi connectivity index (χ4v) is 2.00. The lowest BCUT2D eigenvalue weighted by molar-refractivity contribution is 0.234. The standard InChI is InChI=1S/C13H18O/c1-4-10-5-6-12-11(9-10)13(2,3)7-8-14-12/h5-6,9H,4,7-8H2,1-3H3. The van der Waals surface area contributed by atoms with E-state index in [2.05, 4.69) is 39.0 Å². The summed E-state index contributed by atoms with van der Waals surface area (Å²) in [5.74, 6) is 1.08. The van der Waals surface area contributed by atoms with E-state index < -0.39 is 0 Å². The van der Waals surface area contributed by atoms with Crippen LogP contribution in [0.3, 0.4) is 0 Å². The molecule has 1 aromatic carbocycles. The van der Waals surface area contributed by atoms with Crippen molar-refractivity contribution in [2.75, 3.05) is 6.61 Å². The maximum atomic E-state index is 5.66. The van der Waals surface area contributed by atoms with Gasteiger partial charge in [0.1, 0.15) is 5.75 Å². The van der Waals surface area contributed by atoms with Gasteiger partial charge in [-0.05, 0) is 29.9 Å². The van der Waals surface area contributed by atoms with E-state index in [-0.39, 0.29) is 5.41 Å². The molecular formula is C13H18O. The summed E-state index contributed by atoms with van der Waals surface area (Å²) in [5, 5.41) is 0. The van der Waals surface area contributed by atoms with Gasteiger partial charge in [-0.25, -0.2) is 0 Å². The van der Waals surface area contributed by atoms with Crippen molar-refractivity contribution >= 4 is 0 Å². The quantitative estimate of drug-likeness (QED) is 0.660. The molecule has 1 nitrogen and oxygen atoms in total. The van der Waals surface area contributed by atoms with Crippen LogP contribution in [0, 0.1) is 0 Å². The summed E-state index contributed by atoms with van der Waals surface area (Å²) in [4.78, 5) is 0. The highest BCUT2D eigenvalue weighted by Gasteiger charge is 2.28. The van der Waals surface area contributed by atoms with E-state index in [1.54, 1.807) is 0 Å². The molecule has 1 aliphatic rings. The maximum Gasteiger partial charge on any atom is 0.123 e. The summed E-state index contributed by atoms with van der Waals surface area (Å²) in [6.45, 7) is 7.64. The van der Waals surface area contributed by atoms with Crippen LogP contribution in [-0.2, 0) is 11.8 Å². The molecule has 0 atom stereocenters. The minimum atomic E-state index is 0.277. The second-order valence-corrected chi connectivity index (χ2v) is 4.67. The molecule has 1 aromatic rings. The molecule has 0 aliphatic carbocycles. The lowest BCUT2D eigenvalue weighted by atomic mass is 9.79. The summed E-state index contributed by atoms with van der Waals surface area (Å²) < 4.78 is 5.66. The number of aryl methyl sites for hydroxylation is 1. The van der Waals surface area contributed by atoms with Crippen LogP contribution in [0.4, 0.5) is 0 Å². The molecule has 0 spiro atoms. The Morgan fingerprint density at radius 3 is 2.86 bits per heavy atom. The van der Waals surface area contributed by atoms with Crippen LogP contribution in [0.2, 0.25) is 0 Å². The van der Waals surface area contributed by atoms with Gasteiger partial charge in [-0.3, -0.25) is 0 Å². The Balaban J connectivity index is 2.49. The molecule has 0 saturated carbocycles. The van der Waals surface area contributed by atoms with E-state index in [1.165, 1.54) is 11.1 Å². The molecule has 14 heavy (non-hydrogen) atoms. The number of ether oxygens (including phenoxy) is 1. The zero-order valence-electron chi connectivity index (χ0n) is 9.26. The number of fused-ring (bicyclic) bond motifs is 1. The minimum Gasteiger partial charge on any atom is -0.493 e. The van der Waals surface area contributed by atoms with E-state index >= 15 is 0 Å². The Bertz CT molecular complexity index is 339. The van der Waals surface area contributed by atoms with E-state index in [1.807, 2.05) is 0 Å². The third kappa shape index (κ3) is 1.52. The molecule has 76 valence electrons. The van der Waals surface area contributed by atoms with Gasteiger partial charge in [0.25, 0.3) is 0 Å². The van der Waals surface area contributed by atoms with Gasteiger partial charge in [0, 0.05) is 5.56 Å². The van der Waals surface area contributed by atoms with Crippen LogP contribution in [0.25, 0.3) is 0 Å². The highest BCUT2D eigenvalue weighted by Crippen LogP contribution is 2.38. The van der Waals surface area contributed by atoms with Crippen LogP contribution in [0.1, 0.15) is 38.3 Å². The first-order chi connectivity index (χ1) is 6.63. The van der Waals surface area contributed by atoms with Crippen molar-refractivity contribution in [2.24, 2.45) is 0 Å². The first-order valence-corrected chi connectivity index (χ1v) is 5.40. The Hall–Kier alpha value is -0.980. The number of rotatable bonds is 1. The molecule has 1 heterocycles.